The number of carbonyl (C=O) groups excluding carboxylic acids is 1. The fraction of sp³-hybridized carbons (Fsp3) is 0.136. The molecule has 7 nitrogen and oxygen atoms in total. The third-order valence-electron chi connectivity index (χ3n) is 4.81. The van der Waals surface area contributed by atoms with E-state index in [1.54, 1.807) is 6.20 Å². The van der Waals surface area contributed by atoms with Gasteiger partial charge in [0.25, 0.3) is 5.91 Å². The second-order valence-corrected chi connectivity index (χ2v) is 6.97. The van der Waals surface area contributed by atoms with Crippen molar-refractivity contribution in [1.29, 1.82) is 0 Å². The summed E-state index contributed by atoms with van der Waals surface area (Å²) in [5.74, 6) is -0.0311. The minimum absolute atomic E-state index is 0.398. The molecule has 0 radical (unpaired) electrons. The lowest BCUT2D eigenvalue weighted by Gasteiger charge is -2.07. The molecule has 0 aliphatic carbocycles. The topological polar surface area (TPSA) is 112 Å². The second kappa shape index (κ2) is 8.02. The van der Waals surface area contributed by atoms with Crippen LogP contribution in [-0.4, -0.2) is 26.3 Å². The smallest absolute Gasteiger partial charge is 0.254 e. The van der Waals surface area contributed by atoms with Crippen LogP contribution in [0.25, 0.3) is 11.3 Å². The minimum Gasteiger partial charge on any atom is -0.365 e. The number of aromatic nitrogens is 4. The highest BCUT2D eigenvalue weighted by atomic mass is 16.1. The summed E-state index contributed by atoms with van der Waals surface area (Å²) in [7, 11) is 0. The van der Waals surface area contributed by atoms with Crippen LogP contribution in [0.5, 0.6) is 0 Å². The lowest BCUT2D eigenvalue weighted by atomic mass is 10.0. The number of amides is 1. The van der Waals surface area contributed by atoms with Crippen molar-refractivity contribution < 1.29 is 4.79 Å². The number of carbonyl (C=O) groups is 1. The maximum Gasteiger partial charge on any atom is 0.254 e. The van der Waals surface area contributed by atoms with Crippen molar-refractivity contribution >= 4 is 11.7 Å². The molecule has 0 spiro atoms. The summed E-state index contributed by atoms with van der Waals surface area (Å²) in [6.07, 6.45) is 2.25. The number of nitrogens with two attached hydrogens (primary N) is 1. The van der Waals surface area contributed by atoms with Crippen LogP contribution in [-0.2, 0) is 13.0 Å². The Morgan fingerprint density at radius 1 is 1.00 bits per heavy atom. The first kappa shape index (κ1) is 18.5. The normalized spacial score (nSPS) is 10.8. The Morgan fingerprint density at radius 2 is 1.72 bits per heavy atom. The van der Waals surface area contributed by atoms with Crippen molar-refractivity contribution in [3.63, 3.8) is 0 Å². The molecule has 0 fully saturated rings. The molecule has 2 aromatic carbocycles. The van der Waals surface area contributed by atoms with Gasteiger partial charge in [0.15, 0.2) is 5.82 Å². The number of nitrogens with zero attached hydrogens (tertiary/aromatic N) is 2. The Kier molecular flexibility index (Phi) is 5.11. The van der Waals surface area contributed by atoms with Gasteiger partial charge in [-0.05, 0) is 29.7 Å². The summed E-state index contributed by atoms with van der Waals surface area (Å²) in [5.41, 5.74) is 12.1. The molecule has 1 amide bonds. The SMILES string of the molecule is Cc1ccc(CNc2n[nH]c(Cc3ccc(-c4ccn[nH]4)cc3)c2C(N)=O)cc1. The number of nitrogens with one attached hydrogen (secondary N) is 3. The molecule has 0 aliphatic heterocycles. The third-order valence-corrected chi connectivity index (χ3v) is 4.81. The van der Waals surface area contributed by atoms with Gasteiger partial charge in [0.2, 0.25) is 0 Å². The predicted octanol–water partition coefficient (Wildman–Crippen LogP) is 3.41. The average molecular weight is 386 g/mol. The van der Waals surface area contributed by atoms with Crippen LogP contribution in [0.4, 0.5) is 5.82 Å². The Hall–Kier alpha value is -3.87. The van der Waals surface area contributed by atoms with E-state index < -0.39 is 5.91 Å². The lowest BCUT2D eigenvalue weighted by molar-refractivity contribution is 0.100. The second-order valence-electron chi connectivity index (χ2n) is 6.97. The Balaban J connectivity index is 1.50. The van der Waals surface area contributed by atoms with E-state index in [1.165, 1.54) is 5.56 Å². The van der Waals surface area contributed by atoms with Gasteiger partial charge in [-0.3, -0.25) is 15.0 Å². The molecular weight excluding hydrogens is 364 g/mol. The van der Waals surface area contributed by atoms with Crippen LogP contribution in [0, 0.1) is 6.92 Å². The molecule has 2 heterocycles. The maximum atomic E-state index is 12.1. The fourth-order valence-electron chi connectivity index (χ4n) is 3.21. The summed E-state index contributed by atoms with van der Waals surface area (Å²) in [6.45, 7) is 2.60. The van der Waals surface area contributed by atoms with E-state index in [1.807, 2.05) is 49.4 Å². The van der Waals surface area contributed by atoms with Crippen molar-refractivity contribution in [2.45, 2.75) is 19.9 Å². The van der Waals surface area contributed by atoms with Crippen LogP contribution in [0.15, 0.2) is 60.8 Å². The van der Waals surface area contributed by atoms with Crippen LogP contribution < -0.4 is 11.1 Å². The zero-order chi connectivity index (χ0) is 20.2. The van der Waals surface area contributed by atoms with Gasteiger partial charge in [0.05, 0.1) is 11.4 Å². The van der Waals surface area contributed by atoms with Crippen LogP contribution >= 0.6 is 0 Å². The van der Waals surface area contributed by atoms with E-state index in [2.05, 4.69) is 37.8 Å². The van der Waals surface area contributed by atoms with Gasteiger partial charge < -0.3 is 11.1 Å². The highest BCUT2D eigenvalue weighted by Crippen LogP contribution is 2.22. The molecular formula is C22H22N6O. The summed E-state index contributed by atoms with van der Waals surface area (Å²) >= 11 is 0. The van der Waals surface area contributed by atoms with Gasteiger partial charge in [-0.15, -0.1) is 0 Å². The number of aromatic amines is 2. The van der Waals surface area contributed by atoms with E-state index in [0.717, 1.165) is 22.4 Å². The van der Waals surface area contributed by atoms with Crippen molar-refractivity contribution in [2.24, 2.45) is 5.73 Å². The number of aryl methyl sites for hydroxylation is 1. The Morgan fingerprint density at radius 3 is 2.38 bits per heavy atom. The number of rotatable bonds is 7. The maximum absolute atomic E-state index is 12.1. The standard InChI is InChI=1S/C22H22N6O/c1-14-2-4-16(5-3-14)13-24-22-20(21(23)29)19(27-28-22)12-15-6-8-17(9-7-15)18-10-11-25-26-18/h2-11H,12-13H2,1H3,(H2,23,29)(H,25,26)(H2,24,27,28). The molecule has 4 aromatic rings. The molecule has 0 saturated carbocycles. The zero-order valence-electron chi connectivity index (χ0n) is 16.1. The molecule has 0 unspecified atom stereocenters. The number of H-pyrrole nitrogens is 2. The van der Waals surface area contributed by atoms with E-state index in [-0.39, 0.29) is 0 Å². The van der Waals surface area contributed by atoms with Crippen molar-refractivity contribution in [2.75, 3.05) is 5.32 Å². The Labute approximate surface area is 168 Å². The first-order valence-corrected chi connectivity index (χ1v) is 9.35. The molecule has 146 valence electrons. The summed E-state index contributed by atoms with van der Waals surface area (Å²) in [6, 6.07) is 18.2. The van der Waals surface area contributed by atoms with Gasteiger partial charge in [-0.1, -0.05) is 54.1 Å². The number of anilines is 1. The predicted molar refractivity (Wildman–Crippen MR) is 112 cm³/mol. The Bertz CT molecular complexity index is 1100. The van der Waals surface area contributed by atoms with Gasteiger partial charge in [-0.2, -0.15) is 10.2 Å². The quantitative estimate of drug-likeness (QED) is 0.390. The number of benzene rings is 2. The molecule has 4 rings (SSSR count). The average Bonchev–Trinajstić information content (AvgIpc) is 3.38. The summed E-state index contributed by atoms with van der Waals surface area (Å²) in [5, 5.41) is 17.4. The lowest BCUT2D eigenvalue weighted by Crippen LogP contribution is -2.15. The monoisotopic (exact) mass is 386 g/mol. The highest BCUT2D eigenvalue weighted by Gasteiger charge is 2.18. The number of hydrogen-bond donors (Lipinski definition) is 4. The van der Waals surface area contributed by atoms with Gasteiger partial charge in [-0.25, -0.2) is 0 Å². The van der Waals surface area contributed by atoms with E-state index in [4.69, 9.17) is 5.73 Å². The van der Waals surface area contributed by atoms with Crippen LogP contribution in [0.2, 0.25) is 0 Å². The molecule has 7 heteroatoms. The zero-order valence-corrected chi connectivity index (χ0v) is 16.1. The van der Waals surface area contributed by atoms with Gasteiger partial charge in [0, 0.05) is 19.2 Å². The summed E-state index contributed by atoms with van der Waals surface area (Å²) in [4.78, 5) is 12.1. The third kappa shape index (κ3) is 4.19. The van der Waals surface area contributed by atoms with E-state index in [0.29, 0.717) is 30.0 Å². The first-order valence-electron chi connectivity index (χ1n) is 9.35. The van der Waals surface area contributed by atoms with Crippen LogP contribution in [0.3, 0.4) is 0 Å². The van der Waals surface area contributed by atoms with Crippen LogP contribution in [0.1, 0.15) is 32.7 Å². The van der Waals surface area contributed by atoms with Crippen molar-refractivity contribution in [3.05, 3.63) is 88.7 Å². The molecule has 0 atom stereocenters. The fourth-order valence-corrected chi connectivity index (χ4v) is 3.21. The number of hydrogen-bond acceptors (Lipinski definition) is 4. The summed E-state index contributed by atoms with van der Waals surface area (Å²) < 4.78 is 0. The number of primary amides is 1. The van der Waals surface area contributed by atoms with Crippen molar-refractivity contribution in [3.8, 4) is 11.3 Å². The first-order chi connectivity index (χ1) is 14.1. The highest BCUT2D eigenvalue weighted by molar-refractivity contribution is 5.99. The minimum atomic E-state index is -0.505. The van der Waals surface area contributed by atoms with Gasteiger partial charge in [0.1, 0.15) is 5.56 Å². The molecule has 0 aliphatic rings. The molecule has 5 N–H and O–H groups in total. The molecule has 0 saturated heterocycles. The largest absolute Gasteiger partial charge is 0.365 e. The van der Waals surface area contributed by atoms with Crippen molar-refractivity contribution in [1.82, 2.24) is 20.4 Å². The van der Waals surface area contributed by atoms with E-state index >= 15 is 0 Å². The van der Waals surface area contributed by atoms with E-state index in [9.17, 15) is 4.79 Å². The van der Waals surface area contributed by atoms with Gasteiger partial charge >= 0.3 is 0 Å². The molecule has 2 aromatic heterocycles. The molecule has 29 heavy (non-hydrogen) atoms. The molecule has 0 bridgehead atoms.